The summed E-state index contributed by atoms with van der Waals surface area (Å²) in [6.07, 6.45) is 0.483. The molecule has 2 amide bonds. The van der Waals surface area contributed by atoms with Gasteiger partial charge in [-0.3, -0.25) is 0 Å². The van der Waals surface area contributed by atoms with Crippen LogP contribution in [-0.4, -0.2) is 21.9 Å². The standard InChI is InChI=1S/C19H17F3N4O2/c20-19(21,22)28-17-6-2-5-16(10-17)25-18(27)24-11-14-3-1-4-15(9-14)12-26-8-7-23-13-26/h1-10,13H,11-12H2,(H2,24,25,27). The van der Waals surface area contributed by atoms with Gasteiger partial charge in [0.15, 0.2) is 0 Å². The van der Waals surface area contributed by atoms with E-state index in [1.807, 2.05) is 35.0 Å². The first-order chi connectivity index (χ1) is 13.4. The maximum atomic E-state index is 12.3. The van der Waals surface area contributed by atoms with E-state index in [1.54, 1.807) is 12.5 Å². The summed E-state index contributed by atoms with van der Waals surface area (Å²) in [6.45, 7) is 0.925. The molecule has 2 aromatic carbocycles. The van der Waals surface area contributed by atoms with Gasteiger partial charge in [-0.15, -0.1) is 13.2 Å². The summed E-state index contributed by atoms with van der Waals surface area (Å²) >= 11 is 0. The van der Waals surface area contributed by atoms with Crippen molar-refractivity contribution in [2.45, 2.75) is 19.5 Å². The van der Waals surface area contributed by atoms with Crippen LogP contribution in [0.2, 0.25) is 0 Å². The van der Waals surface area contributed by atoms with E-state index in [0.717, 1.165) is 23.3 Å². The Kier molecular flexibility index (Phi) is 5.83. The Labute approximate surface area is 159 Å². The number of hydrogen-bond donors (Lipinski definition) is 2. The molecule has 2 N–H and O–H groups in total. The number of alkyl halides is 3. The van der Waals surface area contributed by atoms with Crippen molar-refractivity contribution < 1.29 is 22.7 Å². The second kappa shape index (κ2) is 8.47. The smallest absolute Gasteiger partial charge is 0.406 e. The number of hydrogen-bond acceptors (Lipinski definition) is 3. The average molecular weight is 390 g/mol. The molecule has 3 aromatic rings. The SMILES string of the molecule is O=C(NCc1cccc(Cn2ccnc2)c1)Nc1cccc(OC(F)(F)F)c1. The predicted molar refractivity (Wildman–Crippen MR) is 96.8 cm³/mol. The van der Waals surface area contributed by atoms with Crippen LogP contribution in [0.15, 0.2) is 67.3 Å². The summed E-state index contributed by atoms with van der Waals surface area (Å²) in [6, 6.07) is 12.2. The van der Waals surface area contributed by atoms with Gasteiger partial charge in [-0.05, 0) is 23.3 Å². The molecule has 0 aliphatic carbocycles. The number of halogens is 3. The van der Waals surface area contributed by atoms with Gasteiger partial charge in [0.1, 0.15) is 5.75 Å². The van der Waals surface area contributed by atoms with E-state index in [-0.39, 0.29) is 12.2 Å². The van der Waals surface area contributed by atoms with E-state index < -0.39 is 18.1 Å². The van der Waals surface area contributed by atoms with Crippen molar-refractivity contribution in [2.75, 3.05) is 5.32 Å². The van der Waals surface area contributed by atoms with Crippen molar-refractivity contribution in [3.63, 3.8) is 0 Å². The van der Waals surface area contributed by atoms with E-state index in [0.29, 0.717) is 6.54 Å². The summed E-state index contributed by atoms with van der Waals surface area (Å²) in [5.74, 6) is -0.405. The normalized spacial score (nSPS) is 11.1. The molecule has 0 aliphatic rings. The Morgan fingerprint density at radius 3 is 2.64 bits per heavy atom. The molecular formula is C19H17F3N4O2. The maximum absolute atomic E-state index is 12.3. The molecule has 9 heteroatoms. The molecule has 3 rings (SSSR count). The molecule has 1 heterocycles. The largest absolute Gasteiger partial charge is 0.573 e. The van der Waals surface area contributed by atoms with Crippen LogP contribution in [0.1, 0.15) is 11.1 Å². The Hall–Kier alpha value is -3.49. The van der Waals surface area contributed by atoms with Crippen LogP contribution in [0.25, 0.3) is 0 Å². The van der Waals surface area contributed by atoms with Crippen LogP contribution >= 0.6 is 0 Å². The number of benzene rings is 2. The summed E-state index contributed by atoms with van der Waals surface area (Å²) in [4.78, 5) is 16.0. The third-order valence-electron chi connectivity index (χ3n) is 3.69. The number of carbonyl (C=O) groups is 1. The minimum absolute atomic E-state index is 0.188. The van der Waals surface area contributed by atoms with Crippen molar-refractivity contribution >= 4 is 11.7 Å². The molecule has 146 valence electrons. The highest BCUT2D eigenvalue weighted by atomic mass is 19.4. The van der Waals surface area contributed by atoms with E-state index in [2.05, 4.69) is 20.4 Å². The fraction of sp³-hybridized carbons (Fsp3) is 0.158. The molecule has 0 fully saturated rings. The molecule has 0 aliphatic heterocycles. The summed E-state index contributed by atoms with van der Waals surface area (Å²) in [5, 5.41) is 5.15. The number of imidazole rings is 1. The lowest BCUT2D eigenvalue weighted by molar-refractivity contribution is -0.274. The highest BCUT2D eigenvalue weighted by Crippen LogP contribution is 2.25. The van der Waals surface area contributed by atoms with Gasteiger partial charge in [0.05, 0.1) is 6.33 Å². The zero-order valence-corrected chi connectivity index (χ0v) is 14.6. The number of anilines is 1. The third-order valence-corrected chi connectivity index (χ3v) is 3.69. The van der Waals surface area contributed by atoms with Gasteiger partial charge in [-0.25, -0.2) is 9.78 Å². The highest BCUT2D eigenvalue weighted by molar-refractivity contribution is 5.89. The van der Waals surface area contributed by atoms with Crippen molar-refractivity contribution in [2.24, 2.45) is 0 Å². The van der Waals surface area contributed by atoms with Gasteiger partial charge in [0.2, 0.25) is 0 Å². The fourth-order valence-electron chi connectivity index (χ4n) is 2.56. The van der Waals surface area contributed by atoms with Crippen molar-refractivity contribution in [3.8, 4) is 5.75 Å². The van der Waals surface area contributed by atoms with E-state index in [1.165, 1.54) is 12.1 Å². The third kappa shape index (κ3) is 6.04. The van der Waals surface area contributed by atoms with E-state index in [9.17, 15) is 18.0 Å². The topological polar surface area (TPSA) is 68.2 Å². The highest BCUT2D eigenvalue weighted by Gasteiger charge is 2.31. The molecule has 0 unspecified atom stereocenters. The molecule has 0 radical (unpaired) electrons. The first kappa shape index (κ1) is 19.3. The molecule has 0 saturated heterocycles. The zero-order valence-electron chi connectivity index (χ0n) is 14.6. The number of ether oxygens (including phenoxy) is 1. The molecule has 0 atom stereocenters. The van der Waals surface area contributed by atoms with Crippen LogP contribution < -0.4 is 15.4 Å². The van der Waals surface area contributed by atoms with E-state index in [4.69, 9.17) is 0 Å². The molecule has 1 aromatic heterocycles. The summed E-state index contributed by atoms with van der Waals surface area (Å²) < 4.78 is 42.6. The van der Waals surface area contributed by atoms with Crippen molar-refractivity contribution in [1.29, 1.82) is 0 Å². The molecule has 0 saturated carbocycles. The molecular weight excluding hydrogens is 373 g/mol. The number of carbonyl (C=O) groups excluding carboxylic acids is 1. The molecule has 6 nitrogen and oxygen atoms in total. The van der Waals surface area contributed by atoms with Crippen LogP contribution in [-0.2, 0) is 13.1 Å². The number of aromatic nitrogens is 2. The first-order valence-corrected chi connectivity index (χ1v) is 8.32. The minimum atomic E-state index is -4.79. The van der Waals surface area contributed by atoms with Gasteiger partial charge < -0.3 is 19.9 Å². The van der Waals surface area contributed by atoms with Crippen LogP contribution in [0.5, 0.6) is 5.75 Å². The second-order valence-electron chi connectivity index (χ2n) is 5.94. The van der Waals surface area contributed by atoms with Gasteiger partial charge in [0.25, 0.3) is 0 Å². The quantitative estimate of drug-likeness (QED) is 0.664. The van der Waals surface area contributed by atoms with Crippen LogP contribution in [0.3, 0.4) is 0 Å². The zero-order chi connectivity index (χ0) is 20.0. The number of nitrogens with zero attached hydrogens (tertiary/aromatic N) is 2. The van der Waals surface area contributed by atoms with Crippen LogP contribution in [0.4, 0.5) is 23.7 Å². The van der Waals surface area contributed by atoms with Crippen molar-refractivity contribution in [1.82, 2.24) is 14.9 Å². The lowest BCUT2D eigenvalue weighted by atomic mass is 10.1. The minimum Gasteiger partial charge on any atom is -0.406 e. The van der Waals surface area contributed by atoms with Gasteiger partial charge in [-0.2, -0.15) is 0 Å². The number of rotatable bonds is 6. The van der Waals surface area contributed by atoms with Crippen LogP contribution in [0, 0.1) is 0 Å². The van der Waals surface area contributed by atoms with Crippen molar-refractivity contribution in [3.05, 3.63) is 78.4 Å². The number of urea groups is 1. The summed E-state index contributed by atoms with van der Waals surface area (Å²) in [7, 11) is 0. The molecule has 0 spiro atoms. The Morgan fingerprint density at radius 2 is 1.89 bits per heavy atom. The second-order valence-corrected chi connectivity index (χ2v) is 5.94. The Balaban J connectivity index is 1.54. The molecule has 28 heavy (non-hydrogen) atoms. The lowest BCUT2D eigenvalue weighted by Crippen LogP contribution is -2.28. The number of amides is 2. The summed E-state index contributed by atoms with van der Waals surface area (Å²) in [5.41, 5.74) is 2.13. The van der Waals surface area contributed by atoms with Gasteiger partial charge in [0, 0.05) is 37.2 Å². The monoisotopic (exact) mass is 390 g/mol. The molecule has 0 bridgehead atoms. The fourth-order valence-corrected chi connectivity index (χ4v) is 2.56. The number of nitrogens with one attached hydrogen (secondary N) is 2. The van der Waals surface area contributed by atoms with E-state index >= 15 is 0 Å². The average Bonchev–Trinajstić information content (AvgIpc) is 3.12. The Morgan fingerprint density at radius 1 is 1.11 bits per heavy atom. The predicted octanol–water partition coefficient (Wildman–Crippen LogP) is 4.15. The Bertz CT molecular complexity index is 927. The van der Waals surface area contributed by atoms with Gasteiger partial charge >= 0.3 is 12.4 Å². The lowest BCUT2D eigenvalue weighted by Gasteiger charge is -2.12. The first-order valence-electron chi connectivity index (χ1n) is 8.32. The maximum Gasteiger partial charge on any atom is 0.573 e. The van der Waals surface area contributed by atoms with Gasteiger partial charge in [-0.1, -0.05) is 30.3 Å².